The van der Waals surface area contributed by atoms with Crippen molar-refractivity contribution in [3.05, 3.63) is 6.15 Å². The molecule has 0 N–H and O–H groups in total. The van der Waals surface area contributed by atoms with Crippen LogP contribution in [-0.2, 0) is 0 Å². The first-order valence-electron chi connectivity index (χ1n) is 0. The molecule has 0 aromatic rings. The van der Waals surface area contributed by atoms with E-state index >= 15 is 0 Å². The van der Waals surface area contributed by atoms with Crippen LogP contribution in [0.25, 0.3) is 6.15 Å². The molecule has 0 spiro atoms. The van der Waals surface area contributed by atoms with Gasteiger partial charge in [-0.1, -0.05) is 0 Å². The van der Waals surface area contributed by atoms with Crippen LogP contribution in [0.5, 0.6) is 0 Å². The van der Waals surface area contributed by atoms with Crippen LogP contribution in [0.3, 0.4) is 0 Å². The molecule has 1 nitrogen and oxygen atoms in total. The van der Waals surface area contributed by atoms with E-state index in [1.54, 1.807) is 0 Å². The minimum atomic E-state index is 0. The fraction of sp³-hybridized carbons (Fsp3) is 0. The molecule has 0 unspecified atom stereocenters. The second-order valence-electron chi connectivity index (χ2n) is 0. The summed E-state index contributed by atoms with van der Waals surface area (Å²) in [5.74, 6) is 0. The quantitative estimate of drug-likeness (QED) is 0.440. The van der Waals surface area contributed by atoms with Gasteiger partial charge in [0.05, 0.1) is 0 Å². The fourth-order valence-corrected chi connectivity index (χ4v) is 0. The first-order valence-corrected chi connectivity index (χ1v) is 0. The van der Waals surface area contributed by atoms with Crippen molar-refractivity contribution >= 4 is 55.1 Å². The summed E-state index contributed by atoms with van der Waals surface area (Å²) in [6.07, 6.45) is 0. The molecule has 0 aliphatic heterocycles. The Morgan fingerprint density at radius 3 is 1.00 bits per heavy atom. The molecule has 0 aliphatic rings. The minimum Gasteiger partial charge on any atom is -3.00 e. The van der Waals surface area contributed by atoms with E-state index in [4.69, 9.17) is 0 Å². The molecule has 0 saturated carbocycles. The third-order valence-corrected chi connectivity index (χ3v) is 0. The zero-order chi connectivity index (χ0) is 0. The number of nitrogens with zero attached hydrogens (tertiary/aromatic N) is 1. The maximum atomic E-state index is 0. The molecule has 0 bridgehead atoms. The summed E-state index contributed by atoms with van der Waals surface area (Å²) < 4.78 is 0. The van der Waals surface area contributed by atoms with Crippen molar-refractivity contribution in [3.63, 3.8) is 0 Å². The zero-order valence-electron chi connectivity index (χ0n) is 2.05. The van der Waals surface area contributed by atoms with Gasteiger partial charge in [-0.05, 0) is 0 Å². The van der Waals surface area contributed by atoms with Crippen LogP contribution in [0.15, 0.2) is 0 Å². The topological polar surface area (TPSA) is 30.5 Å². The first-order chi connectivity index (χ1) is 0. The summed E-state index contributed by atoms with van der Waals surface area (Å²) in [7, 11) is 0. The molecule has 4 heteroatoms. The van der Waals surface area contributed by atoms with Crippen molar-refractivity contribution in [2.75, 3.05) is 0 Å². The van der Waals surface area contributed by atoms with Crippen molar-refractivity contribution < 1.29 is 0 Å². The van der Waals surface area contributed by atoms with Crippen LogP contribution in [0, 0.1) is 0 Å². The number of hydrogen-bond acceptors (Lipinski definition) is 0. The third kappa shape index (κ3) is 9.35. The van der Waals surface area contributed by atoms with Gasteiger partial charge in [0.15, 0.2) is 0 Å². The Kier molecular flexibility index (Phi) is 246. The van der Waals surface area contributed by atoms with Crippen LogP contribution in [0.1, 0.15) is 0 Å². The number of rotatable bonds is 0. The molecule has 0 heterocycles. The summed E-state index contributed by atoms with van der Waals surface area (Å²) >= 11 is 0. The van der Waals surface area contributed by atoms with E-state index in [-0.39, 0.29) is 61.3 Å². The molecule has 0 radical (unpaired) electrons. The maximum absolute atomic E-state index is 0. The van der Waals surface area contributed by atoms with Crippen LogP contribution in [0.2, 0.25) is 0 Å². The van der Waals surface area contributed by atoms with Crippen molar-refractivity contribution in [1.29, 1.82) is 0 Å². The van der Waals surface area contributed by atoms with E-state index in [1.165, 1.54) is 0 Å². The Bertz CT molecular complexity index is 8.00. The monoisotopic (exact) mass is 185 g/mol. The van der Waals surface area contributed by atoms with Gasteiger partial charge in [-0.25, -0.2) is 0 Å². The zero-order valence-corrected chi connectivity index (χ0v) is 7.50. The molecule has 0 rings (SSSR count). The van der Waals surface area contributed by atoms with Gasteiger partial charge in [0.1, 0.15) is 0 Å². The van der Waals surface area contributed by atoms with Gasteiger partial charge < -0.3 is 24.1 Å². The molecular weight excluding hydrogens is 186 g/mol. The van der Waals surface area contributed by atoms with E-state index in [0.29, 0.717) is 0 Å². The standard InChI is InChI=1S/Al.As.Ga.N/q+3;-3;+3;-3. The largest absolute Gasteiger partial charge is 3.00 e. The predicted octanol–water partition coefficient (Wildman–Crippen LogP) is -0.854. The second-order valence-corrected chi connectivity index (χ2v) is 0. The van der Waals surface area contributed by atoms with Crippen molar-refractivity contribution in [3.8, 4) is 0 Å². The average Bonchev–Trinajstić information content (AvgIpc) is 0. The van der Waals surface area contributed by atoms with Gasteiger partial charge in [-0.15, -0.1) is 0 Å². The Hall–Kier alpha value is 1.69. The van der Waals surface area contributed by atoms with Crippen molar-refractivity contribution in [2.45, 2.75) is 0 Å². The number of hydrogen-bond donors (Lipinski definition) is 0. The molecule has 16 valence electrons. The van der Waals surface area contributed by atoms with Crippen LogP contribution in [0.4, 0.5) is 0 Å². The molecular formula is AlAsGaN. The molecule has 0 saturated heterocycles. The molecule has 0 fully saturated rings. The van der Waals surface area contributed by atoms with Crippen LogP contribution >= 0.6 is 0 Å². The van der Waals surface area contributed by atoms with E-state index in [0.717, 1.165) is 0 Å². The van der Waals surface area contributed by atoms with Gasteiger partial charge in [0.25, 0.3) is 0 Å². The summed E-state index contributed by atoms with van der Waals surface area (Å²) in [6.45, 7) is 0. The summed E-state index contributed by atoms with van der Waals surface area (Å²) in [6, 6.07) is 0. The maximum Gasteiger partial charge on any atom is 3.00 e. The molecule has 4 heavy (non-hydrogen) atoms. The van der Waals surface area contributed by atoms with Gasteiger partial charge in [-0.3, -0.25) is 0 Å². The average molecular weight is 186 g/mol. The summed E-state index contributed by atoms with van der Waals surface area (Å²) in [5.41, 5.74) is 0. The SMILES string of the molecule is [Al+3].[As-3].[Ga+3].[N-3]. The summed E-state index contributed by atoms with van der Waals surface area (Å²) in [4.78, 5) is 0. The molecule has 0 aliphatic carbocycles. The van der Waals surface area contributed by atoms with Crippen LogP contribution < -0.4 is 0 Å². The molecule has 0 aromatic heterocycles. The van der Waals surface area contributed by atoms with Gasteiger partial charge >= 0.3 is 37.2 Å². The minimum absolute atomic E-state index is 0. The third-order valence-electron chi connectivity index (χ3n) is 0. The van der Waals surface area contributed by atoms with E-state index in [2.05, 4.69) is 0 Å². The Labute approximate surface area is 61.0 Å². The van der Waals surface area contributed by atoms with Crippen molar-refractivity contribution in [2.24, 2.45) is 0 Å². The molecule has 0 atom stereocenters. The normalized spacial score (nSPS) is 0. The van der Waals surface area contributed by atoms with Crippen LogP contribution in [-0.4, -0.2) is 55.1 Å². The Balaban J connectivity index is 0. The smallest absolute Gasteiger partial charge is 3.00 e. The Morgan fingerprint density at radius 2 is 1.00 bits per heavy atom. The first kappa shape index (κ1) is 43.9. The molecule has 0 amide bonds. The van der Waals surface area contributed by atoms with E-state index in [1.807, 2.05) is 0 Å². The summed E-state index contributed by atoms with van der Waals surface area (Å²) in [5, 5.41) is 0. The second kappa shape index (κ2) is 22.4. The van der Waals surface area contributed by atoms with E-state index in [9.17, 15) is 0 Å². The predicted molar refractivity (Wildman–Crippen MR) is 20.6 cm³/mol. The Morgan fingerprint density at radius 1 is 1.00 bits per heavy atom. The van der Waals surface area contributed by atoms with Gasteiger partial charge in [0.2, 0.25) is 0 Å². The molecule has 0 aromatic carbocycles. The van der Waals surface area contributed by atoms with Gasteiger partial charge in [-0.2, -0.15) is 0 Å². The van der Waals surface area contributed by atoms with Crippen molar-refractivity contribution in [1.82, 2.24) is 0 Å². The fourth-order valence-electron chi connectivity index (χ4n) is 0. The van der Waals surface area contributed by atoms with Gasteiger partial charge in [0, 0.05) is 0 Å². The van der Waals surface area contributed by atoms with E-state index < -0.39 is 0 Å².